The van der Waals surface area contributed by atoms with E-state index in [1.165, 1.54) is 32.1 Å². The first-order chi connectivity index (χ1) is 9.25. The summed E-state index contributed by atoms with van der Waals surface area (Å²) >= 11 is 9.48. The van der Waals surface area contributed by atoms with E-state index in [0.717, 1.165) is 29.2 Å². The highest BCUT2D eigenvalue weighted by Crippen LogP contribution is 2.27. The molecule has 106 valence electrons. The van der Waals surface area contributed by atoms with E-state index in [1.54, 1.807) is 0 Å². The van der Waals surface area contributed by atoms with Crippen LogP contribution in [0.2, 0.25) is 5.02 Å². The number of benzene rings is 1. The molecule has 0 spiro atoms. The maximum atomic E-state index is 6.06. The lowest BCUT2D eigenvalue weighted by Gasteiger charge is -2.21. The van der Waals surface area contributed by atoms with E-state index in [4.69, 9.17) is 16.3 Å². The van der Waals surface area contributed by atoms with Crippen LogP contribution in [0.25, 0.3) is 0 Å². The maximum Gasteiger partial charge on any atom is 0.139 e. The summed E-state index contributed by atoms with van der Waals surface area (Å²) in [5.41, 5.74) is 0. The van der Waals surface area contributed by atoms with Crippen LogP contribution in [0.5, 0.6) is 5.75 Å². The molecule has 1 aliphatic rings. The topological polar surface area (TPSA) is 21.3 Å². The molecular formula is C15H21BrClNO. The largest absolute Gasteiger partial charge is 0.491 e. The van der Waals surface area contributed by atoms with Crippen molar-refractivity contribution in [2.75, 3.05) is 19.7 Å². The van der Waals surface area contributed by atoms with Crippen LogP contribution in [0.15, 0.2) is 22.7 Å². The first-order valence-corrected chi connectivity index (χ1v) is 8.21. The Hall–Kier alpha value is -0.250. The molecule has 2 nitrogen and oxygen atoms in total. The number of halogens is 2. The van der Waals surface area contributed by atoms with E-state index in [0.29, 0.717) is 11.6 Å². The first-order valence-electron chi connectivity index (χ1n) is 7.04. The summed E-state index contributed by atoms with van der Waals surface area (Å²) in [5, 5.41) is 4.14. The summed E-state index contributed by atoms with van der Waals surface area (Å²) in [6.45, 7) is 2.65. The fourth-order valence-corrected chi connectivity index (χ4v) is 3.03. The second-order valence-electron chi connectivity index (χ2n) is 5.13. The minimum absolute atomic E-state index is 0.656. The van der Waals surface area contributed by atoms with Gasteiger partial charge in [-0.25, -0.2) is 0 Å². The van der Waals surface area contributed by atoms with E-state index in [1.807, 2.05) is 18.2 Å². The summed E-state index contributed by atoms with van der Waals surface area (Å²) in [6.07, 6.45) is 6.98. The standard InChI is InChI=1S/C15H21BrClNO/c16-13-6-7-14(17)15(10-13)19-9-8-18-11-12-4-2-1-3-5-12/h6-7,10,12,18H,1-5,8-9,11H2. The van der Waals surface area contributed by atoms with Crippen molar-refractivity contribution in [3.8, 4) is 5.75 Å². The molecule has 1 N–H and O–H groups in total. The van der Waals surface area contributed by atoms with Gasteiger partial charge in [-0.2, -0.15) is 0 Å². The molecule has 4 heteroatoms. The minimum Gasteiger partial charge on any atom is -0.491 e. The summed E-state index contributed by atoms with van der Waals surface area (Å²) in [6, 6.07) is 5.66. The third kappa shape index (κ3) is 5.33. The summed E-state index contributed by atoms with van der Waals surface area (Å²) in [4.78, 5) is 0. The molecule has 0 aromatic heterocycles. The van der Waals surface area contributed by atoms with Gasteiger partial charge in [0, 0.05) is 11.0 Å². The molecule has 0 aliphatic heterocycles. The lowest BCUT2D eigenvalue weighted by atomic mass is 9.89. The zero-order valence-electron chi connectivity index (χ0n) is 11.1. The lowest BCUT2D eigenvalue weighted by molar-refractivity contribution is 0.294. The van der Waals surface area contributed by atoms with Crippen molar-refractivity contribution in [3.05, 3.63) is 27.7 Å². The van der Waals surface area contributed by atoms with E-state index in [-0.39, 0.29) is 0 Å². The monoisotopic (exact) mass is 345 g/mol. The molecule has 0 radical (unpaired) electrons. The molecule has 1 fully saturated rings. The third-order valence-electron chi connectivity index (χ3n) is 3.59. The van der Waals surface area contributed by atoms with E-state index in [2.05, 4.69) is 21.2 Å². The summed E-state index contributed by atoms with van der Waals surface area (Å²) in [5.74, 6) is 1.61. The molecule has 1 aromatic rings. The molecule has 1 aromatic carbocycles. The van der Waals surface area contributed by atoms with Crippen molar-refractivity contribution in [1.29, 1.82) is 0 Å². The molecule has 0 saturated heterocycles. The van der Waals surface area contributed by atoms with Gasteiger partial charge >= 0.3 is 0 Å². The zero-order chi connectivity index (χ0) is 13.5. The number of nitrogens with one attached hydrogen (secondary N) is 1. The molecule has 1 aliphatic carbocycles. The predicted molar refractivity (Wildman–Crippen MR) is 84.1 cm³/mol. The Morgan fingerprint density at radius 1 is 1.26 bits per heavy atom. The lowest BCUT2D eigenvalue weighted by Crippen LogP contribution is -2.28. The predicted octanol–water partition coefficient (Wildman–Crippen LogP) is 4.65. The average Bonchev–Trinajstić information content (AvgIpc) is 2.43. The van der Waals surface area contributed by atoms with Crippen molar-refractivity contribution >= 4 is 27.5 Å². The zero-order valence-corrected chi connectivity index (χ0v) is 13.5. The highest BCUT2D eigenvalue weighted by molar-refractivity contribution is 9.10. The highest BCUT2D eigenvalue weighted by Gasteiger charge is 2.12. The molecule has 0 amide bonds. The van der Waals surface area contributed by atoms with Crippen molar-refractivity contribution in [2.24, 2.45) is 5.92 Å². The van der Waals surface area contributed by atoms with Gasteiger partial charge in [0.1, 0.15) is 12.4 Å². The van der Waals surface area contributed by atoms with E-state index in [9.17, 15) is 0 Å². The van der Waals surface area contributed by atoms with Crippen LogP contribution in [0.4, 0.5) is 0 Å². The number of hydrogen-bond donors (Lipinski definition) is 1. The molecule has 2 rings (SSSR count). The first kappa shape index (κ1) is 15.1. The second kappa shape index (κ2) is 8.13. The maximum absolute atomic E-state index is 6.06. The quantitative estimate of drug-likeness (QED) is 0.757. The summed E-state index contributed by atoms with van der Waals surface area (Å²) in [7, 11) is 0. The number of rotatable bonds is 6. The smallest absolute Gasteiger partial charge is 0.139 e. The van der Waals surface area contributed by atoms with Crippen molar-refractivity contribution < 1.29 is 4.74 Å². The molecular weight excluding hydrogens is 326 g/mol. The van der Waals surface area contributed by atoms with Crippen molar-refractivity contribution in [3.63, 3.8) is 0 Å². The Labute approximate surface area is 129 Å². The van der Waals surface area contributed by atoms with Gasteiger partial charge in [-0.05, 0) is 43.5 Å². The minimum atomic E-state index is 0.656. The fourth-order valence-electron chi connectivity index (χ4n) is 2.52. The average molecular weight is 347 g/mol. The van der Waals surface area contributed by atoms with E-state index < -0.39 is 0 Å². The van der Waals surface area contributed by atoms with E-state index >= 15 is 0 Å². The van der Waals surface area contributed by atoms with Crippen molar-refractivity contribution in [1.82, 2.24) is 5.32 Å². The molecule has 0 bridgehead atoms. The Balaban J connectivity index is 1.62. The SMILES string of the molecule is Clc1ccc(Br)cc1OCCNCC1CCCCC1. The van der Waals surface area contributed by atoms with Crippen LogP contribution < -0.4 is 10.1 Å². The molecule has 0 heterocycles. The number of hydrogen-bond acceptors (Lipinski definition) is 2. The molecule has 0 atom stereocenters. The molecule has 0 unspecified atom stereocenters. The van der Waals surface area contributed by atoms with Gasteiger partial charge in [0.2, 0.25) is 0 Å². The summed E-state index contributed by atoms with van der Waals surface area (Å²) < 4.78 is 6.67. The molecule has 19 heavy (non-hydrogen) atoms. The molecule has 1 saturated carbocycles. The van der Waals surface area contributed by atoms with Gasteiger partial charge in [-0.1, -0.05) is 46.8 Å². The van der Waals surface area contributed by atoms with Gasteiger partial charge in [0.15, 0.2) is 0 Å². The fraction of sp³-hybridized carbons (Fsp3) is 0.600. The normalized spacial score (nSPS) is 16.5. The Bertz CT molecular complexity index is 394. The van der Waals surface area contributed by atoms with Crippen LogP contribution >= 0.6 is 27.5 Å². The van der Waals surface area contributed by atoms with Crippen molar-refractivity contribution in [2.45, 2.75) is 32.1 Å². The van der Waals surface area contributed by atoms with Crippen LogP contribution in [0.1, 0.15) is 32.1 Å². The second-order valence-corrected chi connectivity index (χ2v) is 6.45. The Kier molecular flexibility index (Phi) is 6.48. The Morgan fingerprint density at radius 3 is 2.84 bits per heavy atom. The van der Waals surface area contributed by atoms with Gasteiger partial charge in [0.05, 0.1) is 5.02 Å². The number of ether oxygens (including phenoxy) is 1. The van der Waals surface area contributed by atoms with Gasteiger partial charge in [-0.3, -0.25) is 0 Å². The van der Waals surface area contributed by atoms with Gasteiger partial charge < -0.3 is 10.1 Å². The highest BCUT2D eigenvalue weighted by atomic mass is 79.9. The van der Waals surface area contributed by atoms with Crippen LogP contribution in [-0.4, -0.2) is 19.7 Å². The Morgan fingerprint density at radius 2 is 2.05 bits per heavy atom. The van der Waals surface area contributed by atoms with Crippen LogP contribution in [0, 0.1) is 5.92 Å². The van der Waals surface area contributed by atoms with Crippen LogP contribution in [0.3, 0.4) is 0 Å². The van der Waals surface area contributed by atoms with Gasteiger partial charge in [0.25, 0.3) is 0 Å². The van der Waals surface area contributed by atoms with Gasteiger partial charge in [-0.15, -0.1) is 0 Å². The van der Waals surface area contributed by atoms with Crippen LogP contribution in [-0.2, 0) is 0 Å². The third-order valence-corrected chi connectivity index (χ3v) is 4.39.